The first-order chi connectivity index (χ1) is 12.2. The summed E-state index contributed by atoms with van der Waals surface area (Å²) in [5, 5.41) is 16.5. The standard InChI is InChI=1S/C19H30BrN3OS/c1-2-21-19(23-15-9-11-16(24)12-10-15)22-13-5-6-14-25-18-8-4-3-7-17(18)20/h3-4,7-8,15-16,24H,2,5-6,9-14H2,1H3,(H2,21,22,23). The number of hydrogen-bond acceptors (Lipinski definition) is 3. The van der Waals surface area contributed by atoms with E-state index in [0.29, 0.717) is 6.04 Å². The minimum absolute atomic E-state index is 0.111. The fourth-order valence-corrected chi connectivity index (χ4v) is 4.46. The zero-order valence-corrected chi connectivity index (χ0v) is 17.4. The van der Waals surface area contributed by atoms with Crippen molar-refractivity contribution in [2.75, 3.05) is 18.8 Å². The fourth-order valence-electron chi connectivity index (χ4n) is 2.88. The van der Waals surface area contributed by atoms with Crippen LogP contribution in [-0.2, 0) is 0 Å². The number of halogens is 1. The smallest absolute Gasteiger partial charge is 0.191 e. The van der Waals surface area contributed by atoms with Crippen molar-refractivity contribution < 1.29 is 5.11 Å². The van der Waals surface area contributed by atoms with E-state index in [9.17, 15) is 5.11 Å². The zero-order chi connectivity index (χ0) is 17.9. The van der Waals surface area contributed by atoms with Crippen LogP contribution in [-0.4, -0.2) is 42.1 Å². The van der Waals surface area contributed by atoms with Gasteiger partial charge in [-0.1, -0.05) is 12.1 Å². The van der Waals surface area contributed by atoms with E-state index in [2.05, 4.69) is 51.7 Å². The molecule has 1 aromatic rings. The SMILES string of the molecule is CCNC(=NCCCCSc1ccccc1Br)NC1CCC(O)CC1. The molecule has 0 saturated heterocycles. The highest BCUT2D eigenvalue weighted by atomic mass is 79.9. The van der Waals surface area contributed by atoms with Crippen LogP contribution >= 0.6 is 27.7 Å². The van der Waals surface area contributed by atoms with Crippen LogP contribution in [0.2, 0.25) is 0 Å². The molecule has 1 fully saturated rings. The van der Waals surface area contributed by atoms with Crippen LogP contribution in [0.25, 0.3) is 0 Å². The Morgan fingerprint density at radius 1 is 1.24 bits per heavy atom. The number of unbranched alkanes of at least 4 members (excludes halogenated alkanes) is 1. The average molecular weight is 428 g/mol. The largest absolute Gasteiger partial charge is 0.393 e. The van der Waals surface area contributed by atoms with Gasteiger partial charge in [-0.25, -0.2) is 0 Å². The number of benzene rings is 1. The molecule has 0 bridgehead atoms. The lowest BCUT2D eigenvalue weighted by Crippen LogP contribution is -2.45. The summed E-state index contributed by atoms with van der Waals surface area (Å²) in [6.07, 6.45) is 5.97. The van der Waals surface area contributed by atoms with Gasteiger partial charge < -0.3 is 15.7 Å². The van der Waals surface area contributed by atoms with E-state index in [1.165, 1.54) is 9.37 Å². The van der Waals surface area contributed by atoms with E-state index in [4.69, 9.17) is 4.99 Å². The monoisotopic (exact) mass is 427 g/mol. The lowest BCUT2D eigenvalue weighted by atomic mass is 9.93. The summed E-state index contributed by atoms with van der Waals surface area (Å²) in [4.78, 5) is 6.01. The van der Waals surface area contributed by atoms with Crippen LogP contribution in [0.3, 0.4) is 0 Å². The quantitative estimate of drug-likeness (QED) is 0.252. The molecular formula is C19H30BrN3OS. The third kappa shape index (κ3) is 8.01. The van der Waals surface area contributed by atoms with Crippen LogP contribution in [0.15, 0.2) is 38.6 Å². The molecule has 25 heavy (non-hydrogen) atoms. The van der Waals surface area contributed by atoms with Crippen LogP contribution in [0, 0.1) is 0 Å². The third-order valence-electron chi connectivity index (χ3n) is 4.30. The van der Waals surface area contributed by atoms with E-state index in [0.717, 1.165) is 63.3 Å². The maximum absolute atomic E-state index is 9.61. The summed E-state index contributed by atoms with van der Waals surface area (Å²) in [7, 11) is 0. The third-order valence-corrected chi connectivity index (χ3v) is 6.41. The van der Waals surface area contributed by atoms with Gasteiger partial charge in [0, 0.05) is 28.5 Å². The van der Waals surface area contributed by atoms with E-state index in [1.54, 1.807) is 0 Å². The van der Waals surface area contributed by atoms with Gasteiger partial charge in [0.05, 0.1) is 6.10 Å². The molecule has 3 N–H and O–H groups in total. The first-order valence-electron chi connectivity index (χ1n) is 9.29. The van der Waals surface area contributed by atoms with Crippen molar-refractivity contribution in [1.82, 2.24) is 10.6 Å². The van der Waals surface area contributed by atoms with Crippen molar-refractivity contribution in [3.8, 4) is 0 Å². The van der Waals surface area contributed by atoms with Gasteiger partial charge in [0.1, 0.15) is 0 Å². The molecule has 1 saturated carbocycles. The molecule has 2 rings (SSSR count). The number of aliphatic hydroxyl groups is 1. The molecule has 1 aliphatic carbocycles. The first-order valence-corrected chi connectivity index (χ1v) is 11.1. The number of nitrogens with one attached hydrogen (secondary N) is 2. The second kappa shape index (κ2) is 11.8. The number of aliphatic imine (C=N–C) groups is 1. The Labute approximate surface area is 164 Å². The van der Waals surface area contributed by atoms with E-state index in [1.807, 2.05) is 17.8 Å². The van der Waals surface area contributed by atoms with E-state index in [-0.39, 0.29) is 6.10 Å². The second-order valence-corrected chi connectivity index (χ2v) is 8.39. The van der Waals surface area contributed by atoms with Crippen molar-refractivity contribution in [2.45, 2.75) is 62.5 Å². The van der Waals surface area contributed by atoms with E-state index >= 15 is 0 Å². The minimum atomic E-state index is -0.111. The molecule has 0 aliphatic heterocycles. The van der Waals surface area contributed by atoms with Gasteiger partial charge in [0.25, 0.3) is 0 Å². The highest BCUT2D eigenvalue weighted by Gasteiger charge is 2.19. The summed E-state index contributed by atoms with van der Waals surface area (Å²) in [5.41, 5.74) is 0. The van der Waals surface area contributed by atoms with Crippen molar-refractivity contribution in [1.29, 1.82) is 0 Å². The predicted molar refractivity (Wildman–Crippen MR) is 111 cm³/mol. The predicted octanol–water partition coefficient (Wildman–Crippen LogP) is 4.18. The molecule has 4 nitrogen and oxygen atoms in total. The Kier molecular flexibility index (Phi) is 9.73. The highest BCUT2D eigenvalue weighted by molar-refractivity contribution is 9.10. The topological polar surface area (TPSA) is 56.7 Å². The van der Waals surface area contributed by atoms with Crippen molar-refractivity contribution in [2.24, 2.45) is 4.99 Å². The molecule has 1 aliphatic rings. The van der Waals surface area contributed by atoms with Gasteiger partial charge in [-0.05, 0) is 79.3 Å². The molecule has 0 heterocycles. The second-order valence-electron chi connectivity index (χ2n) is 6.40. The van der Waals surface area contributed by atoms with Crippen molar-refractivity contribution >= 4 is 33.7 Å². The lowest BCUT2D eigenvalue weighted by Gasteiger charge is -2.27. The van der Waals surface area contributed by atoms with Crippen molar-refractivity contribution in [3.05, 3.63) is 28.7 Å². The van der Waals surface area contributed by atoms with Crippen LogP contribution in [0.1, 0.15) is 45.4 Å². The van der Waals surface area contributed by atoms with Gasteiger partial charge >= 0.3 is 0 Å². The van der Waals surface area contributed by atoms with Crippen LogP contribution in [0.5, 0.6) is 0 Å². The van der Waals surface area contributed by atoms with E-state index < -0.39 is 0 Å². The Hall–Kier alpha value is -0.720. The summed E-state index contributed by atoms with van der Waals surface area (Å²) in [6, 6.07) is 8.81. The number of nitrogens with zero attached hydrogens (tertiary/aromatic N) is 1. The molecule has 0 aromatic heterocycles. The molecule has 0 radical (unpaired) electrons. The molecule has 6 heteroatoms. The normalized spacial score (nSPS) is 21.2. The number of guanidine groups is 1. The molecule has 0 amide bonds. The maximum Gasteiger partial charge on any atom is 0.191 e. The molecule has 1 aromatic carbocycles. The minimum Gasteiger partial charge on any atom is -0.393 e. The number of aliphatic hydroxyl groups excluding tert-OH is 1. The highest BCUT2D eigenvalue weighted by Crippen LogP contribution is 2.27. The summed E-state index contributed by atoms with van der Waals surface area (Å²) in [5.74, 6) is 2.03. The Morgan fingerprint density at radius 2 is 2.00 bits per heavy atom. The van der Waals surface area contributed by atoms with Crippen LogP contribution in [0.4, 0.5) is 0 Å². The van der Waals surface area contributed by atoms with Gasteiger partial charge in [0.15, 0.2) is 5.96 Å². The maximum atomic E-state index is 9.61. The molecule has 0 spiro atoms. The van der Waals surface area contributed by atoms with Gasteiger partial charge in [-0.15, -0.1) is 11.8 Å². The number of rotatable bonds is 8. The molecule has 140 valence electrons. The lowest BCUT2D eigenvalue weighted by molar-refractivity contribution is 0.120. The van der Waals surface area contributed by atoms with Crippen molar-refractivity contribution in [3.63, 3.8) is 0 Å². The number of thioether (sulfide) groups is 1. The van der Waals surface area contributed by atoms with Gasteiger partial charge in [0.2, 0.25) is 0 Å². The average Bonchev–Trinajstić information content (AvgIpc) is 2.61. The molecular weight excluding hydrogens is 398 g/mol. The summed E-state index contributed by atoms with van der Waals surface area (Å²) < 4.78 is 1.18. The molecule has 0 atom stereocenters. The van der Waals surface area contributed by atoms with Gasteiger partial charge in [-0.3, -0.25) is 4.99 Å². The Balaban J connectivity index is 1.66. The van der Waals surface area contributed by atoms with Gasteiger partial charge in [-0.2, -0.15) is 0 Å². The molecule has 0 unspecified atom stereocenters. The number of hydrogen-bond donors (Lipinski definition) is 3. The zero-order valence-electron chi connectivity index (χ0n) is 15.0. The van der Waals surface area contributed by atoms with Crippen LogP contribution < -0.4 is 10.6 Å². The Morgan fingerprint density at radius 3 is 2.72 bits per heavy atom. The first kappa shape index (κ1) is 20.6. The summed E-state index contributed by atoms with van der Waals surface area (Å²) in [6.45, 7) is 3.82. The fraction of sp³-hybridized carbons (Fsp3) is 0.632. The summed E-state index contributed by atoms with van der Waals surface area (Å²) >= 11 is 5.49. The Bertz CT molecular complexity index is 533.